The number of rotatable bonds is 5. The Morgan fingerprint density at radius 3 is 2.71 bits per heavy atom. The summed E-state index contributed by atoms with van der Waals surface area (Å²) in [5.41, 5.74) is 6.77. The monoisotopic (exact) mass is 306 g/mol. The minimum atomic E-state index is -0.0697. The van der Waals surface area contributed by atoms with Crippen LogP contribution in [0, 0.1) is 11.3 Å². The largest absolute Gasteiger partial charge is 0.396 e. The minimum Gasteiger partial charge on any atom is -0.396 e. The first-order valence-corrected chi connectivity index (χ1v) is 8.17. The lowest BCUT2D eigenvalue weighted by molar-refractivity contribution is 0.102. The van der Waals surface area contributed by atoms with E-state index in [4.69, 9.17) is 5.73 Å². The van der Waals surface area contributed by atoms with Gasteiger partial charge in [0.25, 0.3) is 0 Å². The molecule has 21 heavy (non-hydrogen) atoms. The molecule has 1 atom stereocenters. The number of nitrogens with zero attached hydrogens (tertiary/aromatic N) is 3. The standard InChI is InChI=1S/C15H22N4OS/c1-4-18(5-2)11-6-7-19(9-11)15-12(8-16)13(17)14(21-15)10(3)20/h11H,4-7,9,17H2,1-3H3. The van der Waals surface area contributed by atoms with Crippen molar-refractivity contribution in [3.63, 3.8) is 0 Å². The van der Waals surface area contributed by atoms with Crippen molar-refractivity contribution in [1.29, 1.82) is 5.26 Å². The molecule has 1 aliphatic rings. The van der Waals surface area contributed by atoms with Gasteiger partial charge >= 0.3 is 0 Å². The highest BCUT2D eigenvalue weighted by atomic mass is 32.1. The normalized spacial score (nSPS) is 18.2. The maximum atomic E-state index is 11.6. The van der Waals surface area contributed by atoms with Gasteiger partial charge in [0.15, 0.2) is 5.78 Å². The maximum absolute atomic E-state index is 11.6. The molecule has 2 N–H and O–H groups in total. The van der Waals surface area contributed by atoms with Crippen LogP contribution < -0.4 is 10.6 Å². The SMILES string of the molecule is CCN(CC)C1CCN(c2sc(C(C)=O)c(N)c2C#N)C1. The molecule has 1 fully saturated rings. The van der Waals surface area contributed by atoms with Crippen molar-refractivity contribution in [2.24, 2.45) is 0 Å². The number of ketones is 1. The first-order chi connectivity index (χ1) is 10.0. The molecule has 1 saturated heterocycles. The van der Waals surface area contributed by atoms with E-state index in [9.17, 15) is 10.1 Å². The highest BCUT2D eigenvalue weighted by Crippen LogP contribution is 2.39. The van der Waals surface area contributed by atoms with Crippen molar-refractivity contribution >= 4 is 27.8 Å². The van der Waals surface area contributed by atoms with E-state index in [0.29, 0.717) is 22.2 Å². The van der Waals surface area contributed by atoms with Gasteiger partial charge in [-0.3, -0.25) is 9.69 Å². The fraction of sp³-hybridized carbons (Fsp3) is 0.600. The number of anilines is 2. The third-order valence-electron chi connectivity index (χ3n) is 4.14. The van der Waals surface area contributed by atoms with E-state index in [1.165, 1.54) is 18.3 Å². The molecule has 0 spiro atoms. The Morgan fingerprint density at radius 2 is 2.19 bits per heavy atom. The zero-order valence-electron chi connectivity index (χ0n) is 12.8. The van der Waals surface area contributed by atoms with Crippen molar-refractivity contribution in [1.82, 2.24) is 4.90 Å². The lowest BCUT2D eigenvalue weighted by Crippen LogP contribution is -2.37. The number of nitrogens with two attached hydrogens (primary N) is 1. The number of carbonyl (C=O) groups excluding carboxylic acids is 1. The van der Waals surface area contributed by atoms with E-state index >= 15 is 0 Å². The molecule has 1 aromatic heterocycles. The van der Waals surface area contributed by atoms with Crippen LogP contribution in [0.15, 0.2) is 0 Å². The Bertz CT molecular complexity index is 571. The Balaban J connectivity index is 2.26. The van der Waals surface area contributed by atoms with Gasteiger partial charge in [0.2, 0.25) is 0 Å². The van der Waals surface area contributed by atoms with Gasteiger partial charge in [0.05, 0.1) is 10.6 Å². The molecule has 2 heterocycles. The second-order valence-electron chi connectivity index (χ2n) is 5.30. The van der Waals surface area contributed by atoms with Crippen LogP contribution >= 0.6 is 11.3 Å². The molecule has 2 rings (SSSR count). The van der Waals surface area contributed by atoms with E-state index in [1.807, 2.05) is 0 Å². The van der Waals surface area contributed by atoms with Gasteiger partial charge in [0.1, 0.15) is 16.6 Å². The molecule has 0 bridgehead atoms. The first-order valence-electron chi connectivity index (χ1n) is 7.35. The van der Waals surface area contributed by atoms with E-state index in [0.717, 1.165) is 37.6 Å². The Morgan fingerprint density at radius 1 is 1.52 bits per heavy atom. The van der Waals surface area contributed by atoms with E-state index in [1.54, 1.807) is 0 Å². The van der Waals surface area contributed by atoms with E-state index in [2.05, 4.69) is 29.7 Å². The summed E-state index contributed by atoms with van der Waals surface area (Å²) in [7, 11) is 0. The summed E-state index contributed by atoms with van der Waals surface area (Å²) >= 11 is 1.36. The molecule has 0 aliphatic carbocycles. The fourth-order valence-corrected chi connectivity index (χ4v) is 4.09. The number of nitriles is 1. The summed E-state index contributed by atoms with van der Waals surface area (Å²) in [5.74, 6) is -0.0697. The van der Waals surface area contributed by atoms with Crippen LogP contribution in [0.1, 0.15) is 42.4 Å². The number of likely N-dealkylation sites (N-methyl/N-ethyl adjacent to an activating group) is 1. The molecule has 1 aliphatic heterocycles. The molecule has 6 heteroatoms. The molecule has 114 valence electrons. The zero-order chi connectivity index (χ0) is 15.6. The van der Waals surface area contributed by atoms with Crippen LogP contribution in [0.2, 0.25) is 0 Å². The molecular formula is C15H22N4OS. The quantitative estimate of drug-likeness (QED) is 0.845. The van der Waals surface area contributed by atoms with E-state index < -0.39 is 0 Å². The molecule has 5 nitrogen and oxygen atoms in total. The van der Waals surface area contributed by atoms with Gasteiger partial charge in [-0.1, -0.05) is 13.8 Å². The lowest BCUT2D eigenvalue weighted by atomic mass is 10.2. The summed E-state index contributed by atoms with van der Waals surface area (Å²) in [5, 5.41) is 10.2. The van der Waals surface area contributed by atoms with Gasteiger partial charge in [0, 0.05) is 26.1 Å². The van der Waals surface area contributed by atoms with Crippen LogP contribution in [0.5, 0.6) is 0 Å². The molecular weight excluding hydrogens is 284 g/mol. The molecule has 1 aromatic rings. The minimum absolute atomic E-state index is 0.0697. The Labute approximate surface area is 129 Å². The second-order valence-corrected chi connectivity index (χ2v) is 6.30. The van der Waals surface area contributed by atoms with Gasteiger partial charge in [-0.2, -0.15) is 5.26 Å². The van der Waals surface area contributed by atoms with Crippen LogP contribution in [0.3, 0.4) is 0 Å². The third kappa shape index (κ3) is 2.89. The Hall–Kier alpha value is -1.58. The molecule has 0 amide bonds. The van der Waals surface area contributed by atoms with Crippen LogP contribution in [0.4, 0.5) is 10.7 Å². The summed E-state index contributed by atoms with van der Waals surface area (Å²) < 4.78 is 0. The molecule has 1 unspecified atom stereocenters. The summed E-state index contributed by atoms with van der Waals surface area (Å²) in [6.45, 7) is 9.71. The van der Waals surface area contributed by atoms with Crippen LogP contribution in [-0.2, 0) is 0 Å². The highest BCUT2D eigenvalue weighted by molar-refractivity contribution is 7.19. The number of nitrogen functional groups attached to an aromatic ring is 1. The average molecular weight is 306 g/mol. The zero-order valence-corrected chi connectivity index (χ0v) is 13.7. The predicted octanol–water partition coefficient (Wildman–Crippen LogP) is 2.33. The average Bonchev–Trinajstić information content (AvgIpc) is 3.04. The van der Waals surface area contributed by atoms with Gasteiger partial charge in [-0.15, -0.1) is 11.3 Å². The second kappa shape index (κ2) is 6.46. The van der Waals surface area contributed by atoms with Gasteiger partial charge < -0.3 is 10.6 Å². The lowest BCUT2D eigenvalue weighted by Gasteiger charge is -2.26. The smallest absolute Gasteiger partial charge is 0.171 e. The first kappa shape index (κ1) is 15.8. The maximum Gasteiger partial charge on any atom is 0.171 e. The topological polar surface area (TPSA) is 73.4 Å². The number of carbonyl (C=O) groups is 1. The van der Waals surface area contributed by atoms with E-state index in [-0.39, 0.29) is 5.78 Å². The number of hydrogen-bond donors (Lipinski definition) is 1. The summed E-state index contributed by atoms with van der Waals surface area (Å²) in [6, 6.07) is 2.68. The Kier molecular flexibility index (Phi) is 4.86. The number of hydrogen-bond acceptors (Lipinski definition) is 6. The van der Waals surface area contributed by atoms with Crippen molar-refractivity contribution < 1.29 is 4.79 Å². The van der Waals surface area contributed by atoms with Crippen LogP contribution in [-0.4, -0.2) is 42.9 Å². The third-order valence-corrected chi connectivity index (χ3v) is 5.50. The predicted molar refractivity (Wildman–Crippen MR) is 87.0 cm³/mol. The molecule has 0 radical (unpaired) electrons. The highest BCUT2D eigenvalue weighted by Gasteiger charge is 2.30. The number of Topliss-reactive ketones (excluding diaryl/α,β-unsaturated/α-hetero) is 1. The number of thiophene rings is 1. The molecule has 0 saturated carbocycles. The van der Waals surface area contributed by atoms with Crippen molar-refractivity contribution in [2.75, 3.05) is 36.8 Å². The van der Waals surface area contributed by atoms with Gasteiger partial charge in [-0.25, -0.2) is 0 Å². The van der Waals surface area contributed by atoms with Crippen molar-refractivity contribution in [3.8, 4) is 6.07 Å². The summed E-state index contributed by atoms with van der Waals surface area (Å²) in [6.07, 6.45) is 1.08. The van der Waals surface area contributed by atoms with Crippen molar-refractivity contribution in [2.45, 2.75) is 33.2 Å². The summed E-state index contributed by atoms with van der Waals surface area (Å²) in [4.78, 5) is 16.8. The van der Waals surface area contributed by atoms with Crippen molar-refractivity contribution in [3.05, 3.63) is 10.4 Å². The van der Waals surface area contributed by atoms with Crippen LogP contribution in [0.25, 0.3) is 0 Å². The van der Waals surface area contributed by atoms with Gasteiger partial charge in [-0.05, 0) is 19.5 Å². The fourth-order valence-electron chi connectivity index (χ4n) is 2.99. The molecule has 0 aromatic carbocycles.